The molecule has 1 aromatic carbocycles. The smallest absolute Gasteiger partial charge is 0.337 e. The molecule has 1 heterocycles. The van der Waals surface area contributed by atoms with Crippen molar-refractivity contribution in [1.82, 2.24) is 4.98 Å². The highest BCUT2D eigenvalue weighted by atomic mass is 35.5. The second-order valence-electron chi connectivity index (χ2n) is 4.11. The number of anilines is 1. The molecule has 5 nitrogen and oxygen atoms in total. The quantitative estimate of drug-likeness (QED) is 0.911. The molecule has 0 spiro atoms. The fourth-order valence-corrected chi connectivity index (χ4v) is 1.84. The van der Waals surface area contributed by atoms with Gasteiger partial charge in [-0.25, -0.2) is 4.79 Å². The molecule has 0 aliphatic rings. The van der Waals surface area contributed by atoms with Crippen LogP contribution in [0, 0.1) is 6.92 Å². The Bertz CT molecular complexity index is 669. The number of aromatic nitrogens is 1. The molecule has 0 bridgehead atoms. The Morgan fingerprint density at radius 1 is 1.25 bits per heavy atom. The van der Waals surface area contributed by atoms with E-state index in [-0.39, 0.29) is 16.3 Å². The van der Waals surface area contributed by atoms with Gasteiger partial charge in [0.1, 0.15) is 0 Å². The number of carbonyl (C=O) groups is 2. The van der Waals surface area contributed by atoms with Crippen molar-refractivity contribution < 1.29 is 14.7 Å². The van der Waals surface area contributed by atoms with Crippen molar-refractivity contribution in [3.8, 4) is 0 Å². The number of pyridine rings is 1. The van der Waals surface area contributed by atoms with Gasteiger partial charge in [-0.1, -0.05) is 17.7 Å². The van der Waals surface area contributed by atoms with Crippen LogP contribution in [0.1, 0.15) is 26.4 Å². The standard InChI is InChI=1S/C14H11ClN2O3/c1-8-5-6-9(7-16-8)13(18)17-12-10(14(19)20)3-2-4-11(12)15/h2-7H,1H3,(H,17,18)(H,19,20). The molecule has 20 heavy (non-hydrogen) atoms. The lowest BCUT2D eigenvalue weighted by Gasteiger charge is -2.10. The number of amides is 1. The van der Waals surface area contributed by atoms with Gasteiger partial charge in [0.15, 0.2) is 0 Å². The van der Waals surface area contributed by atoms with Crippen LogP contribution < -0.4 is 5.32 Å². The van der Waals surface area contributed by atoms with Crippen molar-refractivity contribution in [3.63, 3.8) is 0 Å². The van der Waals surface area contributed by atoms with Gasteiger partial charge >= 0.3 is 5.97 Å². The molecule has 0 atom stereocenters. The van der Waals surface area contributed by atoms with Crippen LogP contribution in [0.5, 0.6) is 0 Å². The minimum Gasteiger partial charge on any atom is -0.478 e. The second kappa shape index (κ2) is 5.71. The summed E-state index contributed by atoms with van der Waals surface area (Å²) in [5.41, 5.74) is 1.12. The summed E-state index contributed by atoms with van der Waals surface area (Å²) in [7, 11) is 0. The molecule has 0 saturated carbocycles. The first-order valence-electron chi connectivity index (χ1n) is 5.75. The van der Waals surface area contributed by atoms with Crippen molar-refractivity contribution in [1.29, 1.82) is 0 Å². The minimum atomic E-state index is -1.16. The molecule has 0 fully saturated rings. The van der Waals surface area contributed by atoms with E-state index in [1.54, 1.807) is 19.1 Å². The molecule has 2 rings (SSSR count). The van der Waals surface area contributed by atoms with Gasteiger partial charge in [-0.05, 0) is 31.2 Å². The summed E-state index contributed by atoms with van der Waals surface area (Å²) in [5.74, 6) is -1.63. The van der Waals surface area contributed by atoms with Crippen LogP contribution in [0.3, 0.4) is 0 Å². The Balaban J connectivity index is 2.32. The van der Waals surface area contributed by atoms with E-state index in [4.69, 9.17) is 16.7 Å². The number of benzene rings is 1. The molecule has 2 aromatic rings. The lowest BCUT2D eigenvalue weighted by Crippen LogP contribution is -2.15. The highest BCUT2D eigenvalue weighted by Crippen LogP contribution is 2.26. The number of halogens is 1. The van der Waals surface area contributed by atoms with Gasteiger partial charge in [-0.15, -0.1) is 0 Å². The number of carbonyl (C=O) groups excluding carboxylic acids is 1. The fourth-order valence-electron chi connectivity index (χ4n) is 1.62. The van der Waals surface area contributed by atoms with Crippen LogP contribution in [-0.2, 0) is 0 Å². The lowest BCUT2D eigenvalue weighted by atomic mass is 10.1. The summed E-state index contributed by atoms with van der Waals surface area (Å²) in [5, 5.41) is 11.8. The largest absolute Gasteiger partial charge is 0.478 e. The Labute approximate surface area is 120 Å². The van der Waals surface area contributed by atoms with Crippen molar-refractivity contribution in [2.45, 2.75) is 6.92 Å². The molecule has 6 heteroatoms. The zero-order valence-electron chi connectivity index (χ0n) is 10.6. The third-order valence-corrected chi connectivity index (χ3v) is 2.97. The highest BCUT2D eigenvalue weighted by Gasteiger charge is 2.16. The Hall–Kier alpha value is -2.40. The van der Waals surface area contributed by atoms with Crippen LogP contribution in [0.15, 0.2) is 36.5 Å². The van der Waals surface area contributed by atoms with Crippen molar-refractivity contribution in [2.24, 2.45) is 0 Å². The third kappa shape index (κ3) is 2.95. The number of hydrogen-bond acceptors (Lipinski definition) is 3. The Morgan fingerprint density at radius 3 is 2.60 bits per heavy atom. The molecule has 1 amide bonds. The molecular weight excluding hydrogens is 280 g/mol. The summed E-state index contributed by atoms with van der Waals surface area (Å²) in [4.78, 5) is 27.2. The predicted octanol–water partition coefficient (Wildman–Crippen LogP) is 2.99. The number of aromatic carboxylic acids is 1. The van der Waals surface area contributed by atoms with E-state index in [1.165, 1.54) is 24.4 Å². The number of carboxylic acid groups (broad SMARTS) is 1. The molecule has 0 radical (unpaired) electrons. The van der Waals surface area contributed by atoms with Crippen LogP contribution in [0.4, 0.5) is 5.69 Å². The van der Waals surface area contributed by atoms with Gasteiger partial charge in [-0.2, -0.15) is 0 Å². The van der Waals surface area contributed by atoms with Crippen LogP contribution in [0.25, 0.3) is 0 Å². The second-order valence-corrected chi connectivity index (χ2v) is 4.52. The zero-order chi connectivity index (χ0) is 14.7. The fraction of sp³-hybridized carbons (Fsp3) is 0.0714. The first kappa shape index (κ1) is 14.0. The third-order valence-electron chi connectivity index (χ3n) is 2.66. The van der Waals surface area contributed by atoms with Crippen LogP contribution in [-0.4, -0.2) is 22.0 Å². The van der Waals surface area contributed by atoms with Gasteiger partial charge in [0.05, 0.1) is 21.8 Å². The lowest BCUT2D eigenvalue weighted by molar-refractivity contribution is 0.0698. The average molecular weight is 291 g/mol. The highest BCUT2D eigenvalue weighted by molar-refractivity contribution is 6.34. The normalized spacial score (nSPS) is 10.1. The molecule has 0 saturated heterocycles. The first-order valence-corrected chi connectivity index (χ1v) is 6.12. The van der Waals surface area contributed by atoms with E-state index in [2.05, 4.69) is 10.3 Å². The maximum Gasteiger partial charge on any atom is 0.337 e. The molecule has 0 unspecified atom stereocenters. The van der Waals surface area contributed by atoms with E-state index >= 15 is 0 Å². The van der Waals surface area contributed by atoms with E-state index in [1.807, 2.05) is 0 Å². The summed E-state index contributed by atoms with van der Waals surface area (Å²) >= 11 is 5.94. The summed E-state index contributed by atoms with van der Waals surface area (Å²) in [6, 6.07) is 7.69. The number of hydrogen-bond donors (Lipinski definition) is 2. The number of aryl methyl sites for hydroxylation is 1. The Morgan fingerprint density at radius 2 is 2.00 bits per heavy atom. The monoisotopic (exact) mass is 290 g/mol. The minimum absolute atomic E-state index is 0.0640. The summed E-state index contributed by atoms with van der Waals surface area (Å²) in [6.45, 7) is 1.80. The van der Waals surface area contributed by atoms with Crippen LogP contribution in [0.2, 0.25) is 5.02 Å². The molecule has 2 N–H and O–H groups in total. The SMILES string of the molecule is Cc1ccc(C(=O)Nc2c(Cl)cccc2C(=O)O)cn1. The number of para-hydroxylation sites is 1. The van der Waals surface area contributed by atoms with Gasteiger partial charge in [0.25, 0.3) is 5.91 Å². The van der Waals surface area contributed by atoms with E-state index in [9.17, 15) is 9.59 Å². The van der Waals surface area contributed by atoms with Crippen molar-refractivity contribution in [2.75, 3.05) is 5.32 Å². The summed E-state index contributed by atoms with van der Waals surface area (Å²) < 4.78 is 0. The first-order chi connectivity index (χ1) is 9.49. The van der Waals surface area contributed by atoms with Crippen molar-refractivity contribution in [3.05, 3.63) is 58.4 Å². The topological polar surface area (TPSA) is 79.3 Å². The van der Waals surface area contributed by atoms with E-state index < -0.39 is 11.9 Å². The summed E-state index contributed by atoms with van der Waals surface area (Å²) in [6.07, 6.45) is 1.42. The average Bonchev–Trinajstić information content (AvgIpc) is 2.41. The number of nitrogens with one attached hydrogen (secondary N) is 1. The molecule has 102 valence electrons. The van der Waals surface area contributed by atoms with E-state index in [0.29, 0.717) is 5.56 Å². The number of rotatable bonds is 3. The van der Waals surface area contributed by atoms with Crippen LogP contribution >= 0.6 is 11.6 Å². The maximum absolute atomic E-state index is 12.0. The van der Waals surface area contributed by atoms with Gasteiger partial charge in [0, 0.05) is 11.9 Å². The zero-order valence-corrected chi connectivity index (χ0v) is 11.3. The van der Waals surface area contributed by atoms with Gasteiger partial charge in [0.2, 0.25) is 0 Å². The predicted molar refractivity (Wildman–Crippen MR) is 75.3 cm³/mol. The molecular formula is C14H11ClN2O3. The Kier molecular flexibility index (Phi) is 4.00. The van der Waals surface area contributed by atoms with Gasteiger partial charge in [-0.3, -0.25) is 9.78 Å². The molecule has 1 aromatic heterocycles. The van der Waals surface area contributed by atoms with Crippen molar-refractivity contribution >= 4 is 29.2 Å². The number of nitrogens with zero attached hydrogens (tertiary/aromatic N) is 1. The molecule has 0 aliphatic carbocycles. The van der Waals surface area contributed by atoms with E-state index in [0.717, 1.165) is 5.69 Å². The van der Waals surface area contributed by atoms with Gasteiger partial charge < -0.3 is 10.4 Å². The number of carboxylic acids is 1. The maximum atomic E-state index is 12.0. The molecule has 0 aliphatic heterocycles.